The SMILES string of the molecule is CC(C)(C)c1ccc(-c2nnc(CO)n2Cc2ccc(F)cc2)cc1. The van der Waals surface area contributed by atoms with E-state index in [0.717, 1.165) is 11.1 Å². The standard InChI is InChI=1S/C20H22FN3O/c1-20(2,3)16-8-6-15(7-9-16)19-23-22-18(13-25)24(19)12-14-4-10-17(21)11-5-14/h4-11,25H,12-13H2,1-3H3. The Labute approximate surface area is 147 Å². The summed E-state index contributed by atoms with van der Waals surface area (Å²) >= 11 is 0. The van der Waals surface area contributed by atoms with Crippen LogP contribution in [0.15, 0.2) is 48.5 Å². The first kappa shape index (κ1) is 17.3. The van der Waals surface area contributed by atoms with E-state index in [4.69, 9.17) is 0 Å². The van der Waals surface area contributed by atoms with Crippen molar-refractivity contribution in [2.45, 2.75) is 39.3 Å². The molecule has 0 aliphatic carbocycles. The third kappa shape index (κ3) is 3.77. The molecule has 1 aromatic heterocycles. The fourth-order valence-electron chi connectivity index (χ4n) is 2.72. The lowest BCUT2D eigenvalue weighted by Gasteiger charge is -2.19. The Morgan fingerprint density at radius 2 is 1.60 bits per heavy atom. The number of rotatable bonds is 4. The first-order chi connectivity index (χ1) is 11.9. The minimum atomic E-state index is -0.270. The van der Waals surface area contributed by atoms with Crippen molar-refractivity contribution in [3.05, 3.63) is 71.3 Å². The highest BCUT2D eigenvalue weighted by Crippen LogP contribution is 2.26. The van der Waals surface area contributed by atoms with Crippen molar-refractivity contribution >= 4 is 0 Å². The number of benzene rings is 2. The zero-order valence-corrected chi connectivity index (χ0v) is 14.7. The molecule has 0 atom stereocenters. The normalized spacial score (nSPS) is 11.7. The quantitative estimate of drug-likeness (QED) is 0.784. The predicted molar refractivity (Wildman–Crippen MR) is 95.6 cm³/mol. The Kier molecular flexibility index (Phi) is 4.68. The van der Waals surface area contributed by atoms with Gasteiger partial charge >= 0.3 is 0 Å². The van der Waals surface area contributed by atoms with E-state index in [1.54, 1.807) is 12.1 Å². The summed E-state index contributed by atoms with van der Waals surface area (Å²) in [7, 11) is 0. The van der Waals surface area contributed by atoms with Gasteiger partial charge in [-0.05, 0) is 28.7 Å². The van der Waals surface area contributed by atoms with E-state index in [9.17, 15) is 9.50 Å². The number of aliphatic hydroxyl groups is 1. The maximum atomic E-state index is 13.1. The molecule has 3 aromatic rings. The first-order valence-electron chi connectivity index (χ1n) is 8.27. The summed E-state index contributed by atoms with van der Waals surface area (Å²) in [5.74, 6) is 0.904. The van der Waals surface area contributed by atoms with Gasteiger partial charge in [-0.3, -0.25) is 0 Å². The van der Waals surface area contributed by atoms with Gasteiger partial charge in [0.1, 0.15) is 12.4 Å². The molecular weight excluding hydrogens is 317 g/mol. The predicted octanol–water partition coefficient (Wildman–Crippen LogP) is 3.92. The van der Waals surface area contributed by atoms with Crippen LogP contribution in [0.2, 0.25) is 0 Å². The van der Waals surface area contributed by atoms with Crippen molar-refractivity contribution in [3.8, 4) is 11.4 Å². The molecule has 2 aromatic carbocycles. The van der Waals surface area contributed by atoms with Gasteiger partial charge in [-0.15, -0.1) is 10.2 Å². The minimum Gasteiger partial charge on any atom is -0.388 e. The van der Waals surface area contributed by atoms with E-state index in [0.29, 0.717) is 18.2 Å². The summed E-state index contributed by atoms with van der Waals surface area (Å²) in [6.45, 7) is 6.78. The third-order valence-electron chi connectivity index (χ3n) is 4.23. The highest BCUT2D eigenvalue weighted by atomic mass is 19.1. The van der Waals surface area contributed by atoms with Gasteiger partial charge in [0.2, 0.25) is 0 Å². The maximum absolute atomic E-state index is 13.1. The molecule has 1 N–H and O–H groups in total. The summed E-state index contributed by atoms with van der Waals surface area (Å²) in [4.78, 5) is 0. The molecule has 0 radical (unpaired) electrons. The molecule has 4 nitrogen and oxygen atoms in total. The van der Waals surface area contributed by atoms with Crippen molar-refractivity contribution in [2.24, 2.45) is 0 Å². The van der Waals surface area contributed by atoms with E-state index in [1.165, 1.54) is 17.7 Å². The number of aromatic nitrogens is 3. The minimum absolute atomic E-state index is 0.0799. The third-order valence-corrected chi connectivity index (χ3v) is 4.23. The highest BCUT2D eigenvalue weighted by Gasteiger charge is 2.16. The molecule has 3 rings (SSSR count). The molecule has 5 heteroatoms. The van der Waals surface area contributed by atoms with Gasteiger partial charge in [0.25, 0.3) is 0 Å². The summed E-state index contributed by atoms with van der Waals surface area (Å²) in [5.41, 5.74) is 3.17. The molecule has 0 saturated carbocycles. The summed E-state index contributed by atoms with van der Waals surface area (Å²) in [6.07, 6.45) is 0. The van der Waals surface area contributed by atoms with Crippen molar-refractivity contribution < 1.29 is 9.50 Å². The van der Waals surface area contributed by atoms with Gasteiger partial charge in [0, 0.05) is 5.56 Å². The van der Waals surface area contributed by atoms with Crippen molar-refractivity contribution in [1.29, 1.82) is 0 Å². The van der Waals surface area contributed by atoms with Crippen LogP contribution in [0.3, 0.4) is 0 Å². The van der Waals surface area contributed by atoms with Gasteiger partial charge < -0.3 is 9.67 Å². The van der Waals surface area contributed by atoms with Crippen LogP contribution < -0.4 is 0 Å². The molecule has 130 valence electrons. The lowest BCUT2D eigenvalue weighted by Crippen LogP contribution is -2.11. The molecule has 0 unspecified atom stereocenters. The molecule has 0 amide bonds. The first-order valence-corrected chi connectivity index (χ1v) is 8.27. The smallest absolute Gasteiger partial charge is 0.164 e. The van der Waals surface area contributed by atoms with E-state index in [1.807, 2.05) is 16.7 Å². The molecule has 0 bridgehead atoms. The molecule has 25 heavy (non-hydrogen) atoms. The lowest BCUT2D eigenvalue weighted by atomic mass is 9.87. The van der Waals surface area contributed by atoms with E-state index in [2.05, 4.69) is 43.1 Å². The van der Waals surface area contributed by atoms with Crippen LogP contribution in [0.25, 0.3) is 11.4 Å². The molecule has 0 saturated heterocycles. The van der Waals surface area contributed by atoms with Crippen molar-refractivity contribution in [3.63, 3.8) is 0 Å². The average molecular weight is 339 g/mol. The molecule has 0 spiro atoms. The zero-order valence-electron chi connectivity index (χ0n) is 14.7. The average Bonchev–Trinajstić information content (AvgIpc) is 2.99. The maximum Gasteiger partial charge on any atom is 0.164 e. The van der Waals surface area contributed by atoms with Crippen LogP contribution >= 0.6 is 0 Å². The van der Waals surface area contributed by atoms with Gasteiger partial charge in [-0.1, -0.05) is 57.2 Å². The summed E-state index contributed by atoms with van der Waals surface area (Å²) < 4.78 is 15.0. The van der Waals surface area contributed by atoms with Crippen molar-refractivity contribution in [2.75, 3.05) is 0 Å². The van der Waals surface area contributed by atoms with E-state index >= 15 is 0 Å². The van der Waals surface area contributed by atoms with Crippen LogP contribution in [0.1, 0.15) is 37.7 Å². The van der Waals surface area contributed by atoms with E-state index < -0.39 is 0 Å². The van der Waals surface area contributed by atoms with Crippen LogP contribution in [0, 0.1) is 5.82 Å². The fourth-order valence-corrected chi connectivity index (χ4v) is 2.72. The molecule has 0 aliphatic rings. The van der Waals surface area contributed by atoms with Crippen LogP contribution in [0.5, 0.6) is 0 Å². The number of hydrogen-bond donors (Lipinski definition) is 1. The molecule has 0 aliphatic heterocycles. The van der Waals surface area contributed by atoms with Crippen LogP contribution in [0.4, 0.5) is 4.39 Å². The van der Waals surface area contributed by atoms with Gasteiger partial charge in [-0.2, -0.15) is 0 Å². The number of nitrogens with zero attached hydrogens (tertiary/aromatic N) is 3. The van der Waals surface area contributed by atoms with Crippen LogP contribution in [-0.2, 0) is 18.6 Å². The Morgan fingerprint density at radius 1 is 0.960 bits per heavy atom. The topological polar surface area (TPSA) is 50.9 Å². The molecular formula is C20H22FN3O. The Balaban J connectivity index is 1.97. The highest BCUT2D eigenvalue weighted by molar-refractivity contribution is 5.56. The second-order valence-electron chi connectivity index (χ2n) is 7.14. The zero-order chi connectivity index (χ0) is 18.0. The van der Waals surface area contributed by atoms with E-state index in [-0.39, 0.29) is 17.8 Å². The Hall–Kier alpha value is -2.53. The molecule has 0 fully saturated rings. The van der Waals surface area contributed by atoms with Crippen LogP contribution in [-0.4, -0.2) is 19.9 Å². The Morgan fingerprint density at radius 3 is 2.16 bits per heavy atom. The molecule has 1 heterocycles. The number of aliphatic hydroxyl groups excluding tert-OH is 1. The lowest BCUT2D eigenvalue weighted by molar-refractivity contribution is 0.266. The van der Waals surface area contributed by atoms with Crippen molar-refractivity contribution in [1.82, 2.24) is 14.8 Å². The second-order valence-corrected chi connectivity index (χ2v) is 7.14. The fraction of sp³-hybridized carbons (Fsp3) is 0.300. The summed E-state index contributed by atoms with van der Waals surface area (Å²) in [6, 6.07) is 14.5. The number of hydrogen-bond acceptors (Lipinski definition) is 3. The van der Waals surface area contributed by atoms with Gasteiger partial charge in [0.05, 0.1) is 6.54 Å². The number of halogens is 1. The summed E-state index contributed by atoms with van der Waals surface area (Å²) in [5, 5.41) is 17.9. The largest absolute Gasteiger partial charge is 0.388 e. The second kappa shape index (κ2) is 6.76. The monoisotopic (exact) mass is 339 g/mol. The Bertz CT molecular complexity index is 846. The van der Waals surface area contributed by atoms with Gasteiger partial charge in [-0.25, -0.2) is 4.39 Å². The van der Waals surface area contributed by atoms with Gasteiger partial charge in [0.15, 0.2) is 11.6 Å².